The average molecular weight is 727 g/mol. The lowest BCUT2D eigenvalue weighted by Crippen LogP contribution is -2.70. The number of fused-ring (bicyclic) bond motifs is 1. The Morgan fingerprint density at radius 2 is 2.10 bits per heavy atom. The van der Waals surface area contributed by atoms with Crippen LogP contribution >= 0.6 is 34.9 Å². The number of phenols is 2. The summed E-state index contributed by atoms with van der Waals surface area (Å²) in [7, 11) is 0. The summed E-state index contributed by atoms with van der Waals surface area (Å²) in [6.45, 7) is 4.42. The first-order valence-electron chi connectivity index (χ1n) is 14.3. The van der Waals surface area contributed by atoms with Gasteiger partial charge in [0.2, 0.25) is 5.60 Å². The predicted molar refractivity (Wildman–Crippen MR) is 185 cm³/mol. The number of nitrogens with one attached hydrogen (secondary N) is 2. The molecule has 0 spiro atoms. The molecule has 1 saturated heterocycles. The lowest BCUT2D eigenvalue weighted by atomic mass is 10.0. The smallest absolute Gasteiger partial charge is 0.350 e. The van der Waals surface area contributed by atoms with E-state index < -0.39 is 34.8 Å². The van der Waals surface area contributed by atoms with E-state index in [9.17, 15) is 29.7 Å². The number of aromatic amines is 1. The van der Waals surface area contributed by atoms with Gasteiger partial charge in [-0.3, -0.25) is 19.5 Å². The molecule has 2 atom stereocenters. The average Bonchev–Trinajstić information content (AvgIpc) is 3.76. The highest BCUT2D eigenvalue weighted by Gasteiger charge is 2.54. The molecule has 2 aliphatic heterocycles. The molecular formula is C29H30N10O7S3. The maximum Gasteiger partial charge on any atom is 0.350 e. The zero-order valence-electron chi connectivity index (χ0n) is 26.1. The van der Waals surface area contributed by atoms with Crippen LogP contribution in [0, 0.1) is 0 Å². The van der Waals surface area contributed by atoms with Gasteiger partial charge < -0.3 is 31.2 Å². The highest BCUT2D eigenvalue weighted by Crippen LogP contribution is 2.44. The number of benzene rings is 1. The number of tetrazole rings is 1. The number of thiazole rings is 1. The van der Waals surface area contributed by atoms with Crippen molar-refractivity contribution >= 4 is 81.1 Å². The van der Waals surface area contributed by atoms with Gasteiger partial charge >= 0.3 is 5.97 Å². The predicted octanol–water partition coefficient (Wildman–Crippen LogP) is 2.64. The quantitative estimate of drug-likeness (QED) is 0.0487. The number of β-lactam (4-membered cyclic amide) rings is 1. The van der Waals surface area contributed by atoms with E-state index in [1.54, 1.807) is 18.4 Å². The number of aliphatic imine (C=N–C) groups is 1. The number of thioether (sulfide) groups is 2. The molecule has 2 aliphatic rings. The number of allylic oxidation sites excluding steroid dienone is 3. The number of rotatable bonds is 13. The van der Waals surface area contributed by atoms with Crippen molar-refractivity contribution in [2.75, 3.05) is 17.2 Å². The molecule has 0 aliphatic carbocycles. The summed E-state index contributed by atoms with van der Waals surface area (Å²) in [5.41, 5.74) is 5.54. The molecule has 20 heteroatoms. The fourth-order valence-corrected chi connectivity index (χ4v) is 7.36. The van der Waals surface area contributed by atoms with E-state index in [1.165, 1.54) is 59.8 Å². The Hall–Kier alpha value is -5.21. The van der Waals surface area contributed by atoms with Crippen LogP contribution in [0.15, 0.2) is 62.4 Å². The number of oxime groups is 1. The lowest BCUT2D eigenvalue weighted by Gasteiger charge is -2.50. The van der Waals surface area contributed by atoms with Crippen LogP contribution < -0.4 is 11.1 Å². The Bertz CT molecular complexity index is 1900. The topological polar surface area (TPSA) is 254 Å². The molecule has 0 radical (unpaired) electrons. The Labute approximate surface area is 291 Å². The second kappa shape index (κ2) is 14.9. The van der Waals surface area contributed by atoms with Crippen LogP contribution in [0.2, 0.25) is 0 Å². The standard InChI is InChI=1S/C29H30N10O7S3/c1-4-5-16(8-9-31-15-6-7-18(40)19(41)10-15)47-11-14-12-48-26-21(25(43)39(26)22(14)23-34-37-38-35-23)33-24(42)20(17-13-49-28(30)32-17)36-46-29(2,3)27(44)45/h4-10,13,21,26,40-41H,11-12H2,1-3H3,(H2,30,32)(H,33,42)(H,44,45)(H,34,35,37,38)/b5-4-,16-8+,31-9+,36-20-/t21-,26-/m1/s1. The minimum Gasteiger partial charge on any atom is -0.504 e. The van der Waals surface area contributed by atoms with Crippen molar-refractivity contribution in [2.24, 2.45) is 10.1 Å². The number of nitrogens with zero attached hydrogens (tertiary/aromatic N) is 7. The summed E-state index contributed by atoms with van der Waals surface area (Å²) in [4.78, 5) is 54.6. The number of aliphatic carboxylic acids is 1. The molecule has 0 saturated carbocycles. The monoisotopic (exact) mass is 726 g/mol. The van der Waals surface area contributed by atoms with Gasteiger partial charge in [0, 0.05) is 34.1 Å². The SMILES string of the molecule is C\C=C/C(=C\C=N\c1ccc(O)c(O)c1)SCC1=C(c2nnn[nH]2)N2C(=O)[C@@H](NC(=O)/C(=N\OC(C)(C)C(=O)O)c3csc(N)n3)[C@H]2SC1. The van der Waals surface area contributed by atoms with E-state index in [4.69, 9.17) is 10.6 Å². The summed E-state index contributed by atoms with van der Waals surface area (Å²) in [5.74, 6) is -1.81. The number of carbonyl (C=O) groups excluding carboxylic acids is 2. The fourth-order valence-electron chi connectivity index (χ4n) is 4.37. The molecular weight excluding hydrogens is 697 g/mol. The maximum absolute atomic E-state index is 13.6. The Morgan fingerprint density at radius 3 is 2.76 bits per heavy atom. The zero-order chi connectivity index (χ0) is 35.3. The second-order valence-corrected chi connectivity index (χ2v) is 13.8. The molecule has 0 unspecified atom stereocenters. The van der Waals surface area contributed by atoms with E-state index in [2.05, 4.69) is 41.1 Å². The Balaban J connectivity index is 1.34. The van der Waals surface area contributed by atoms with Crippen LogP contribution in [-0.2, 0) is 19.2 Å². The highest BCUT2D eigenvalue weighted by atomic mass is 32.2. The van der Waals surface area contributed by atoms with Crippen LogP contribution in [0.3, 0.4) is 0 Å². The number of anilines is 1. The van der Waals surface area contributed by atoms with Crippen molar-refractivity contribution in [2.45, 2.75) is 37.8 Å². The normalized spacial score (nSPS) is 18.6. The third-order valence-electron chi connectivity index (χ3n) is 6.93. The molecule has 0 bridgehead atoms. The first-order valence-corrected chi connectivity index (χ1v) is 17.3. The third-order valence-corrected chi connectivity index (χ3v) is 10.0. The van der Waals surface area contributed by atoms with Crippen molar-refractivity contribution in [3.8, 4) is 11.5 Å². The second-order valence-electron chi connectivity index (χ2n) is 10.8. The molecule has 2 amide bonds. The summed E-state index contributed by atoms with van der Waals surface area (Å²) in [6.07, 6.45) is 7.14. The molecule has 3 aromatic rings. The summed E-state index contributed by atoms with van der Waals surface area (Å²) >= 11 is 3.98. The van der Waals surface area contributed by atoms with Gasteiger partial charge in [0.05, 0.1) is 11.4 Å². The number of hydrogen-bond donors (Lipinski definition) is 6. The number of nitrogen functional groups attached to an aromatic ring is 1. The first-order chi connectivity index (χ1) is 23.4. The Morgan fingerprint density at radius 1 is 1.31 bits per heavy atom. The molecule has 7 N–H and O–H groups in total. The molecule has 1 fully saturated rings. The molecule has 49 heavy (non-hydrogen) atoms. The number of aromatic nitrogens is 5. The maximum atomic E-state index is 13.6. The molecule has 1 aromatic carbocycles. The number of carbonyl (C=O) groups is 3. The van der Waals surface area contributed by atoms with Gasteiger partial charge in [-0.25, -0.2) is 14.9 Å². The van der Waals surface area contributed by atoms with E-state index >= 15 is 0 Å². The van der Waals surface area contributed by atoms with Gasteiger partial charge in [-0.05, 0) is 55.0 Å². The van der Waals surface area contributed by atoms with Crippen LogP contribution in [0.4, 0.5) is 10.8 Å². The summed E-state index contributed by atoms with van der Waals surface area (Å²) in [6, 6.07) is 3.30. The molecule has 17 nitrogen and oxygen atoms in total. The van der Waals surface area contributed by atoms with Crippen molar-refractivity contribution in [1.82, 2.24) is 35.8 Å². The van der Waals surface area contributed by atoms with Crippen molar-refractivity contribution in [3.05, 3.63) is 63.8 Å². The number of carboxylic acids is 1. The zero-order valence-corrected chi connectivity index (χ0v) is 28.5. The number of phenolic OH excluding ortho intramolecular Hbond substituents is 2. The highest BCUT2D eigenvalue weighted by molar-refractivity contribution is 8.03. The Kier molecular flexibility index (Phi) is 10.7. The lowest BCUT2D eigenvalue weighted by molar-refractivity contribution is -0.161. The van der Waals surface area contributed by atoms with E-state index in [0.717, 1.165) is 21.8 Å². The number of amides is 2. The van der Waals surface area contributed by atoms with Gasteiger partial charge in [-0.2, -0.15) is 0 Å². The number of hydrogen-bond acceptors (Lipinski definition) is 16. The van der Waals surface area contributed by atoms with E-state index in [1.807, 2.05) is 19.1 Å². The van der Waals surface area contributed by atoms with Crippen LogP contribution in [0.5, 0.6) is 11.5 Å². The third kappa shape index (κ3) is 7.92. The minimum absolute atomic E-state index is 0.0602. The molecule has 256 valence electrons. The van der Waals surface area contributed by atoms with Gasteiger partial charge in [-0.15, -0.1) is 40.0 Å². The largest absolute Gasteiger partial charge is 0.504 e. The van der Waals surface area contributed by atoms with Crippen molar-refractivity contribution in [1.29, 1.82) is 0 Å². The minimum atomic E-state index is -1.75. The van der Waals surface area contributed by atoms with Crippen molar-refractivity contribution < 1.29 is 34.5 Å². The molecule has 2 aromatic heterocycles. The number of nitrogens with two attached hydrogens (primary N) is 1. The van der Waals surface area contributed by atoms with Crippen molar-refractivity contribution in [3.63, 3.8) is 0 Å². The van der Waals surface area contributed by atoms with Gasteiger partial charge in [0.25, 0.3) is 11.8 Å². The van der Waals surface area contributed by atoms with Gasteiger partial charge in [0.1, 0.15) is 17.1 Å². The van der Waals surface area contributed by atoms with Gasteiger partial charge in [-0.1, -0.05) is 17.3 Å². The summed E-state index contributed by atoms with van der Waals surface area (Å²) < 4.78 is 0. The number of H-pyrrole nitrogens is 1. The molecule has 4 heterocycles. The summed E-state index contributed by atoms with van der Waals surface area (Å²) in [5, 5.41) is 50.4. The fraction of sp³-hybridized carbons (Fsp3) is 0.276. The van der Waals surface area contributed by atoms with Crippen LogP contribution in [0.1, 0.15) is 32.3 Å². The molecule has 5 rings (SSSR count). The van der Waals surface area contributed by atoms with E-state index in [-0.39, 0.29) is 33.9 Å². The number of aromatic hydroxyl groups is 2. The van der Waals surface area contributed by atoms with Crippen LogP contribution in [0.25, 0.3) is 5.70 Å². The van der Waals surface area contributed by atoms with Gasteiger partial charge in [0.15, 0.2) is 28.2 Å². The van der Waals surface area contributed by atoms with Crippen LogP contribution in [-0.4, -0.2) is 104 Å². The van der Waals surface area contributed by atoms with E-state index in [0.29, 0.717) is 22.9 Å². The first kappa shape index (κ1) is 35.1. The number of carboxylic acid groups (broad SMARTS) is 1.